The predicted molar refractivity (Wildman–Crippen MR) is 105 cm³/mol. The van der Waals surface area contributed by atoms with Crippen LogP contribution in [0.3, 0.4) is 0 Å². The number of ketones is 1. The zero-order valence-electron chi connectivity index (χ0n) is 15.0. The lowest BCUT2D eigenvalue weighted by molar-refractivity contribution is -0.115. The number of benzene rings is 2. The maximum atomic E-state index is 11.6. The molecule has 0 radical (unpaired) electrons. The molecule has 3 aliphatic rings. The van der Waals surface area contributed by atoms with Gasteiger partial charge < -0.3 is 9.47 Å². The van der Waals surface area contributed by atoms with E-state index in [2.05, 4.69) is 47.4 Å². The van der Waals surface area contributed by atoms with Gasteiger partial charge in [-0.05, 0) is 47.9 Å². The van der Waals surface area contributed by atoms with Crippen LogP contribution in [-0.2, 0) is 11.3 Å². The third kappa shape index (κ3) is 3.37. The molecule has 2 heterocycles. The average Bonchev–Trinajstić information content (AvgIpc) is 3.15. The van der Waals surface area contributed by atoms with E-state index >= 15 is 0 Å². The number of rotatable bonds is 3. The lowest BCUT2D eigenvalue weighted by Gasteiger charge is -2.39. The van der Waals surface area contributed by atoms with Gasteiger partial charge in [0.1, 0.15) is 0 Å². The summed E-state index contributed by atoms with van der Waals surface area (Å²) in [5, 5.41) is 0.316. The van der Waals surface area contributed by atoms with E-state index in [0.717, 1.165) is 31.0 Å². The van der Waals surface area contributed by atoms with Crippen molar-refractivity contribution in [2.75, 3.05) is 13.3 Å². The Morgan fingerprint density at radius 2 is 1.89 bits per heavy atom. The Morgan fingerprint density at radius 1 is 1.07 bits per heavy atom. The number of carbonyl (C=O) groups excluding carboxylic acids is 1. The van der Waals surface area contributed by atoms with Crippen molar-refractivity contribution in [1.82, 2.24) is 4.90 Å². The van der Waals surface area contributed by atoms with Crippen molar-refractivity contribution in [3.8, 4) is 11.5 Å². The van der Waals surface area contributed by atoms with E-state index < -0.39 is 0 Å². The van der Waals surface area contributed by atoms with E-state index in [-0.39, 0.29) is 5.78 Å². The summed E-state index contributed by atoms with van der Waals surface area (Å²) in [5.74, 6) is 1.93. The molecule has 0 spiro atoms. The minimum Gasteiger partial charge on any atom is -0.454 e. The summed E-state index contributed by atoms with van der Waals surface area (Å²) in [6.07, 6.45) is 5.37. The van der Waals surface area contributed by atoms with Gasteiger partial charge in [-0.3, -0.25) is 9.69 Å². The van der Waals surface area contributed by atoms with E-state index in [0.29, 0.717) is 24.5 Å². The van der Waals surface area contributed by atoms with Crippen molar-refractivity contribution in [3.05, 3.63) is 65.7 Å². The number of hydrogen-bond acceptors (Lipinski definition) is 5. The second-order valence-electron chi connectivity index (χ2n) is 7.18. The first-order chi connectivity index (χ1) is 13.3. The third-order valence-electron chi connectivity index (χ3n) is 5.44. The van der Waals surface area contributed by atoms with Crippen LogP contribution < -0.4 is 9.47 Å². The molecule has 0 amide bonds. The van der Waals surface area contributed by atoms with Gasteiger partial charge in [0.2, 0.25) is 6.79 Å². The Bertz CT molecular complexity index is 896. The van der Waals surface area contributed by atoms with Crippen molar-refractivity contribution in [2.45, 2.75) is 35.6 Å². The topological polar surface area (TPSA) is 38.8 Å². The Balaban J connectivity index is 1.49. The zero-order valence-corrected chi connectivity index (χ0v) is 15.8. The lowest BCUT2D eigenvalue weighted by atomic mass is 9.94. The summed E-state index contributed by atoms with van der Waals surface area (Å²) in [5.41, 5.74) is 2.63. The minimum atomic E-state index is 0.238. The minimum absolute atomic E-state index is 0.238. The van der Waals surface area contributed by atoms with E-state index in [9.17, 15) is 4.79 Å². The molecular weight excluding hydrogens is 358 g/mol. The highest BCUT2D eigenvalue weighted by atomic mass is 32.2. The first-order valence-electron chi connectivity index (χ1n) is 9.35. The van der Waals surface area contributed by atoms with Gasteiger partial charge in [-0.1, -0.05) is 24.3 Å². The first-order valence-corrected chi connectivity index (χ1v) is 10.2. The number of thioether (sulfide) groups is 1. The fourth-order valence-corrected chi connectivity index (χ4v) is 5.30. The van der Waals surface area contributed by atoms with E-state index in [4.69, 9.17) is 9.47 Å². The largest absolute Gasteiger partial charge is 0.454 e. The maximum Gasteiger partial charge on any atom is 0.231 e. The number of ether oxygens (including phenoxy) is 2. The highest BCUT2D eigenvalue weighted by Gasteiger charge is 2.32. The van der Waals surface area contributed by atoms with Crippen LogP contribution in [0, 0.1) is 0 Å². The summed E-state index contributed by atoms with van der Waals surface area (Å²) >= 11 is 1.89. The van der Waals surface area contributed by atoms with Gasteiger partial charge in [-0.2, -0.15) is 0 Å². The van der Waals surface area contributed by atoms with Crippen LogP contribution >= 0.6 is 11.8 Å². The van der Waals surface area contributed by atoms with Crippen molar-refractivity contribution >= 4 is 17.5 Å². The molecule has 0 N–H and O–H groups in total. The van der Waals surface area contributed by atoms with Crippen LogP contribution in [-0.4, -0.2) is 30.1 Å². The molecular formula is C22H21NO3S. The van der Waals surface area contributed by atoms with Crippen LogP contribution in [0.15, 0.2) is 59.5 Å². The average molecular weight is 379 g/mol. The Kier molecular flexibility index (Phi) is 4.42. The van der Waals surface area contributed by atoms with Crippen molar-refractivity contribution < 1.29 is 14.3 Å². The molecule has 4 nitrogen and oxygen atoms in total. The molecule has 0 bridgehead atoms. The van der Waals surface area contributed by atoms with Crippen molar-refractivity contribution in [2.24, 2.45) is 0 Å². The molecule has 0 unspecified atom stereocenters. The molecule has 2 aromatic rings. The molecule has 0 aromatic heterocycles. The van der Waals surface area contributed by atoms with Gasteiger partial charge >= 0.3 is 0 Å². The Morgan fingerprint density at radius 3 is 2.67 bits per heavy atom. The Hall–Kier alpha value is -2.24. The number of fused-ring (bicyclic) bond motifs is 2. The maximum absolute atomic E-state index is 11.6. The molecule has 1 aliphatic carbocycles. The van der Waals surface area contributed by atoms with Crippen LogP contribution in [0.5, 0.6) is 11.5 Å². The van der Waals surface area contributed by atoms with Crippen LogP contribution in [0.1, 0.15) is 29.2 Å². The second kappa shape index (κ2) is 7.06. The van der Waals surface area contributed by atoms with E-state index in [1.165, 1.54) is 16.0 Å². The first kappa shape index (κ1) is 16.9. The molecule has 27 heavy (non-hydrogen) atoms. The third-order valence-corrected chi connectivity index (χ3v) is 6.67. The molecule has 0 saturated heterocycles. The fraction of sp³-hybridized carbons (Fsp3) is 0.318. The smallest absolute Gasteiger partial charge is 0.231 e. The van der Waals surface area contributed by atoms with Gasteiger partial charge in [0, 0.05) is 35.7 Å². The molecule has 5 rings (SSSR count). The molecule has 0 fully saturated rings. The van der Waals surface area contributed by atoms with Crippen LogP contribution in [0.4, 0.5) is 0 Å². The normalized spacial score (nSPS) is 24.1. The summed E-state index contributed by atoms with van der Waals surface area (Å²) in [4.78, 5) is 15.3. The SMILES string of the molecule is O=C1C=C[C@@H](N2Cc3cc4c(cc3[C@H](Sc3ccccc3)C2)OCO4)CC1. The lowest BCUT2D eigenvalue weighted by Crippen LogP contribution is -2.40. The van der Waals surface area contributed by atoms with Crippen LogP contribution in [0.25, 0.3) is 0 Å². The summed E-state index contributed by atoms with van der Waals surface area (Å²) in [7, 11) is 0. The second-order valence-corrected chi connectivity index (χ2v) is 8.46. The summed E-state index contributed by atoms with van der Waals surface area (Å²) in [6, 6.07) is 15.2. The van der Waals surface area contributed by atoms with E-state index in [1.807, 2.05) is 17.8 Å². The molecule has 2 atom stereocenters. The van der Waals surface area contributed by atoms with Gasteiger partial charge in [-0.25, -0.2) is 0 Å². The predicted octanol–water partition coefficient (Wildman–Crippen LogP) is 4.35. The summed E-state index contributed by atoms with van der Waals surface area (Å²) < 4.78 is 11.2. The molecule has 2 aromatic carbocycles. The molecule has 138 valence electrons. The van der Waals surface area contributed by atoms with Gasteiger partial charge in [0.05, 0.1) is 0 Å². The fourth-order valence-electron chi connectivity index (χ4n) is 4.04. The van der Waals surface area contributed by atoms with Gasteiger partial charge in [-0.15, -0.1) is 11.8 Å². The Labute approximate surface area is 163 Å². The standard InChI is InChI=1S/C22H21NO3S/c24-17-8-6-16(7-9-17)23-12-15-10-20-21(26-14-25-20)11-19(15)22(13-23)27-18-4-2-1-3-5-18/h1-6,8,10-11,16,22H,7,9,12-14H2/t16-,22-/m1/s1. The zero-order chi connectivity index (χ0) is 18.2. The molecule has 2 aliphatic heterocycles. The number of nitrogens with zero attached hydrogens (tertiary/aromatic N) is 1. The molecule has 0 saturated carbocycles. The number of carbonyl (C=O) groups is 1. The van der Waals surface area contributed by atoms with Gasteiger partial charge in [0.15, 0.2) is 17.3 Å². The molecule has 5 heteroatoms. The highest BCUT2D eigenvalue weighted by Crippen LogP contribution is 2.46. The highest BCUT2D eigenvalue weighted by molar-refractivity contribution is 7.99. The van der Waals surface area contributed by atoms with Crippen LogP contribution in [0.2, 0.25) is 0 Å². The number of allylic oxidation sites excluding steroid dienone is 1. The number of hydrogen-bond donors (Lipinski definition) is 0. The monoisotopic (exact) mass is 379 g/mol. The van der Waals surface area contributed by atoms with E-state index in [1.54, 1.807) is 6.08 Å². The quantitative estimate of drug-likeness (QED) is 0.793. The summed E-state index contributed by atoms with van der Waals surface area (Å²) in [6.45, 7) is 2.13. The van der Waals surface area contributed by atoms with Gasteiger partial charge in [0.25, 0.3) is 0 Å². The van der Waals surface area contributed by atoms with Crippen molar-refractivity contribution in [3.63, 3.8) is 0 Å². The van der Waals surface area contributed by atoms with Crippen molar-refractivity contribution in [1.29, 1.82) is 0 Å².